The number of ketones is 2. The van der Waals surface area contributed by atoms with E-state index in [9.17, 15) is 70.3 Å². The van der Waals surface area contributed by atoms with Gasteiger partial charge in [-0.1, -0.05) is 0 Å². The molecule has 0 aliphatic carbocycles. The highest BCUT2D eigenvalue weighted by Crippen LogP contribution is 2.36. The molecule has 2 fully saturated rings. The minimum absolute atomic E-state index is 0.0739. The summed E-state index contributed by atoms with van der Waals surface area (Å²) in [6.07, 6.45) is -6.64. The van der Waals surface area contributed by atoms with Gasteiger partial charge >= 0.3 is 12.7 Å². The standard InChI is InChI=1S/C25H22F5N3O4S.C19H19F4N3O2.C6H4ClFO2S/c1-24(27)13-22(33(14-24)38(35,36)20-9-4-17(26)5-10-20)23(34)11-6-18-12-21(32-15-31-18)16-2-7-19(8-3-16)37-25(28,29)30;1-18(20)9-16(24-10-18)17(27)7-4-13-8-15(26-11-25-13)12-2-5-14(6-3-12)28-19(21,22)23;7-11(9,10)6-3-1-5(8)2-4-6/h2-5,7-10,12,15,22H,6,11,13-14H2,1H3;2-3,5-6,8,11,16,24H,4,7,9-10H2,1H3;1-4H/t22-,24+;16-,18?;/m00./s1. The molecule has 2 aliphatic rings. The molecule has 77 heavy (non-hydrogen) atoms. The number of halogens is 11. The van der Waals surface area contributed by atoms with Crippen LogP contribution in [-0.2, 0) is 41.5 Å². The van der Waals surface area contributed by atoms with Crippen molar-refractivity contribution in [3.63, 3.8) is 0 Å². The summed E-state index contributed by atoms with van der Waals surface area (Å²) in [7, 11) is -3.02. The first-order valence-electron chi connectivity index (χ1n) is 22.8. The van der Waals surface area contributed by atoms with Crippen LogP contribution in [0.4, 0.5) is 43.9 Å². The lowest BCUT2D eigenvalue weighted by molar-refractivity contribution is -0.275. The maximum absolute atomic E-state index is 14.9. The molecule has 2 aromatic heterocycles. The van der Waals surface area contributed by atoms with Crippen LogP contribution in [0.15, 0.2) is 132 Å². The first-order valence-corrected chi connectivity index (χ1v) is 26.6. The maximum Gasteiger partial charge on any atom is 0.573 e. The third kappa shape index (κ3) is 18.0. The van der Waals surface area contributed by atoms with E-state index in [1.807, 2.05) is 0 Å². The van der Waals surface area contributed by atoms with Gasteiger partial charge in [-0.15, -0.1) is 26.3 Å². The molecule has 1 N–H and O–H groups in total. The highest BCUT2D eigenvalue weighted by atomic mass is 35.7. The Bertz CT molecular complexity index is 3230. The molecule has 27 heteroatoms. The van der Waals surface area contributed by atoms with Gasteiger partial charge in [-0.2, -0.15) is 4.31 Å². The summed E-state index contributed by atoms with van der Waals surface area (Å²) in [4.78, 5) is 41.4. The fourth-order valence-corrected chi connectivity index (χ4v) is 10.4. The van der Waals surface area contributed by atoms with Gasteiger partial charge in [0.25, 0.3) is 9.05 Å². The molecule has 0 bridgehead atoms. The van der Waals surface area contributed by atoms with Crippen LogP contribution in [-0.4, -0.2) is 102 Å². The number of nitrogens with zero attached hydrogens (tertiary/aromatic N) is 5. The zero-order chi connectivity index (χ0) is 56.6. The Hall–Kier alpha value is -6.61. The van der Waals surface area contributed by atoms with E-state index >= 15 is 0 Å². The van der Waals surface area contributed by atoms with Crippen LogP contribution in [0.5, 0.6) is 11.5 Å². The Kier molecular flexibility index (Phi) is 18.9. The first kappa shape index (κ1) is 59.6. The van der Waals surface area contributed by atoms with Crippen LogP contribution < -0.4 is 14.8 Å². The number of sulfonamides is 1. The van der Waals surface area contributed by atoms with Crippen LogP contribution in [0.2, 0.25) is 0 Å². The second-order valence-corrected chi connectivity index (χ2v) is 22.4. The molecule has 4 atom stereocenters. The predicted octanol–water partition coefficient (Wildman–Crippen LogP) is 10.3. The fraction of sp³-hybridized carbons (Fsp3) is 0.320. The van der Waals surface area contributed by atoms with Gasteiger partial charge in [0.15, 0.2) is 5.78 Å². The van der Waals surface area contributed by atoms with Crippen molar-refractivity contribution in [1.29, 1.82) is 0 Å². The van der Waals surface area contributed by atoms with Crippen molar-refractivity contribution in [2.75, 3.05) is 13.1 Å². The van der Waals surface area contributed by atoms with Crippen LogP contribution in [0.25, 0.3) is 22.5 Å². The number of alkyl halides is 8. The third-order valence-electron chi connectivity index (χ3n) is 11.5. The Morgan fingerprint density at radius 1 is 0.636 bits per heavy atom. The summed E-state index contributed by atoms with van der Waals surface area (Å²) < 4.78 is 184. The number of Topliss-reactive ketones (excluding diaryl/α,β-unsaturated/α-hetero) is 2. The smallest absolute Gasteiger partial charge is 0.406 e. The topological polar surface area (TPSA) is 188 Å². The Labute approximate surface area is 439 Å². The number of carbonyl (C=O) groups excluding carboxylic acids is 2. The number of benzene rings is 4. The van der Waals surface area contributed by atoms with E-state index in [1.54, 1.807) is 12.1 Å². The number of hydrogen-bond donors (Lipinski definition) is 1. The van der Waals surface area contributed by atoms with Gasteiger partial charge in [-0.05, 0) is 136 Å². The number of aryl methyl sites for hydroxylation is 2. The lowest BCUT2D eigenvalue weighted by Crippen LogP contribution is -2.41. The molecule has 1 unspecified atom stereocenters. The second kappa shape index (κ2) is 24.4. The summed E-state index contributed by atoms with van der Waals surface area (Å²) in [6, 6.07) is 20.2. The van der Waals surface area contributed by atoms with Crippen molar-refractivity contribution in [3.8, 4) is 34.0 Å². The highest BCUT2D eigenvalue weighted by Gasteiger charge is 2.49. The second-order valence-electron chi connectivity index (χ2n) is 17.9. The summed E-state index contributed by atoms with van der Waals surface area (Å²) >= 11 is 0. The maximum atomic E-state index is 14.9. The molecule has 6 aromatic rings. The van der Waals surface area contributed by atoms with Gasteiger partial charge in [0, 0.05) is 72.0 Å². The summed E-state index contributed by atoms with van der Waals surface area (Å²) in [5.41, 5.74) is -0.278. The minimum Gasteiger partial charge on any atom is -0.406 e. The molecule has 0 radical (unpaired) electrons. The lowest BCUT2D eigenvalue weighted by Gasteiger charge is -2.23. The van der Waals surface area contributed by atoms with Crippen LogP contribution in [0.1, 0.15) is 50.9 Å². The summed E-state index contributed by atoms with van der Waals surface area (Å²) in [5, 5.41) is 2.89. The molecule has 0 spiro atoms. The molecular weight excluding hydrogens is 1100 g/mol. The lowest BCUT2D eigenvalue weighted by atomic mass is 9.99. The van der Waals surface area contributed by atoms with E-state index in [0.717, 1.165) is 65.0 Å². The van der Waals surface area contributed by atoms with E-state index in [2.05, 4.69) is 34.7 Å². The van der Waals surface area contributed by atoms with E-state index in [0.29, 0.717) is 40.3 Å². The molecule has 0 amide bonds. The normalized spacial score (nSPS) is 19.8. The Morgan fingerprint density at radius 2 is 1.06 bits per heavy atom. The van der Waals surface area contributed by atoms with Crippen molar-refractivity contribution in [2.45, 2.75) is 98.3 Å². The average molecular weight is 1150 g/mol. The van der Waals surface area contributed by atoms with Crippen molar-refractivity contribution in [1.82, 2.24) is 29.6 Å². The van der Waals surface area contributed by atoms with E-state index in [1.165, 1.54) is 62.9 Å². The Balaban J connectivity index is 0.000000214. The zero-order valence-corrected chi connectivity index (χ0v) is 42.7. The Morgan fingerprint density at radius 3 is 1.47 bits per heavy atom. The number of aromatic nitrogens is 4. The predicted molar refractivity (Wildman–Crippen MR) is 259 cm³/mol. The van der Waals surface area contributed by atoms with E-state index in [-0.39, 0.29) is 60.0 Å². The summed E-state index contributed by atoms with van der Waals surface area (Å²) in [6.45, 7) is 2.33. The van der Waals surface area contributed by atoms with Crippen molar-refractivity contribution in [3.05, 3.63) is 145 Å². The van der Waals surface area contributed by atoms with Gasteiger partial charge in [0.1, 0.15) is 52.9 Å². The van der Waals surface area contributed by atoms with Gasteiger partial charge in [-0.3, -0.25) is 9.59 Å². The molecule has 4 aromatic carbocycles. The monoisotopic (exact) mass is 1150 g/mol. The van der Waals surface area contributed by atoms with E-state index in [4.69, 9.17) is 10.7 Å². The zero-order valence-electron chi connectivity index (χ0n) is 40.3. The fourth-order valence-electron chi connectivity index (χ4n) is 7.89. The molecule has 8 rings (SSSR count). The molecule has 14 nitrogen and oxygen atoms in total. The van der Waals surface area contributed by atoms with Crippen LogP contribution >= 0.6 is 10.7 Å². The van der Waals surface area contributed by atoms with Gasteiger partial charge in [0.05, 0.1) is 33.3 Å². The first-order chi connectivity index (χ1) is 35.8. The van der Waals surface area contributed by atoms with E-state index < -0.39 is 84.9 Å². The molecule has 412 valence electrons. The number of carbonyl (C=O) groups is 2. The SMILES string of the molecule is CC1(F)CN[C@H](C(=O)CCc2cc(-c3ccc(OC(F)(F)F)cc3)ncn2)C1.C[C@@]1(F)C[C@@H](C(=O)CCc2cc(-c3ccc(OC(F)(F)F)cc3)ncn2)N(S(=O)(=O)c2ccc(F)cc2)C1.O=S(=O)(Cl)c1ccc(F)cc1. The van der Waals surface area contributed by atoms with Crippen molar-refractivity contribution in [2.24, 2.45) is 0 Å². The number of ether oxygens (including phenoxy) is 2. The average Bonchev–Trinajstić information content (AvgIpc) is 3.91. The minimum atomic E-state index is -4.82. The molecule has 2 saturated heterocycles. The van der Waals surface area contributed by atoms with Crippen molar-refractivity contribution >= 4 is 41.3 Å². The number of hydrogen-bond acceptors (Lipinski definition) is 13. The van der Waals surface area contributed by atoms with Crippen LogP contribution in [0, 0.1) is 11.6 Å². The number of rotatable bonds is 15. The molecular formula is C50H45ClF10N6O8S2. The summed E-state index contributed by atoms with van der Waals surface area (Å²) in [5.74, 6) is -2.42. The van der Waals surface area contributed by atoms with Crippen molar-refractivity contribution < 1.29 is 79.8 Å². The van der Waals surface area contributed by atoms with Gasteiger partial charge in [0.2, 0.25) is 10.0 Å². The highest BCUT2D eigenvalue weighted by molar-refractivity contribution is 8.13. The molecule has 0 saturated carbocycles. The number of nitrogens with one attached hydrogen (secondary N) is 1. The molecule has 4 heterocycles. The quantitative estimate of drug-likeness (QED) is 0.0757. The van der Waals surface area contributed by atoms with Gasteiger partial charge in [-0.25, -0.2) is 54.3 Å². The van der Waals surface area contributed by atoms with Gasteiger partial charge < -0.3 is 14.8 Å². The third-order valence-corrected chi connectivity index (χ3v) is 14.8. The molecule has 2 aliphatic heterocycles. The largest absolute Gasteiger partial charge is 0.573 e. The van der Waals surface area contributed by atoms with Crippen LogP contribution in [0.3, 0.4) is 0 Å².